The Hall–Kier alpha value is -4.19. The Bertz CT molecular complexity index is 1590. The van der Waals surface area contributed by atoms with E-state index in [-0.39, 0.29) is 0 Å². The molecule has 38 heavy (non-hydrogen) atoms. The maximum absolute atomic E-state index is 12.0. The number of nitrogens with zero attached hydrogens (tertiary/aromatic N) is 4. The Labute approximate surface area is 223 Å². The molecule has 0 spiro atoms. The number of aromatic carboxylic acids is 1. The van der Waals surface area contributed by atoms with E-state index >= 15 is 0 Å². The molecule has 0 aliphatic heterocycles. The number of imidazole rings is 2. The molecular weight excluding hydrogens is 472 g/mol. The molecule has 0 atom stereocenters. The van der Waals surface area contributed by atoms with Crippen molar-refractivity contribution in [2.45, 2.75) is 59.4 Å². The molecule has 0 aliphatic carbocycles. The van der Waals surface area contributed by atoms with Gasteiger partial charge in [-0.2, -0.15) is 0 Å². The molecule has 6 heteroatoms. The van der Waals surface area contributed by atoms with E-state index in [1.165, 1.54) is 0 Å². The van der Waals surface area contributed by atoms with Gasteiger partial charge in [0.15, 0.2) is 0 Å². The van der Waals surface area contributed by atoms with E-state index in [1.54, 1.807) is 12.1 Å². The van der Waals surface area contributed by atoms with Crippen molar-refractivity contribution in [2.75, 3.05) is 0 Å². The fourth-order valence-electron chi connectivity index (χ4n) is 5.18. The fourth-order valence-corrected chi connectivity index (χ4v) is 5.18. The van der Waals surface area contributed by atoms with Crippen molar-refractivity contribution in [1.29, 1.82) is 0 Å². The Morgan fingerprint density at radius 2 is 1.74 bits per heavy atom. The van der Waals surface area contributed by atoms with E-state index in [1.807, 2.05) is 36.7 Å². The first-order valence-corrected chi connectivity index (χ1v) is 13.5. The lowest BCUT2D eigenvalue weighted by atomic mass is 9.95. The molecule has 194 valence electrons. The molecule has 0 aliphatic rings. The number of carboxylic acids is 1. The van der Waals surface area contributed by atoms with E-state index < -0.39 is 5.97 Å². The summed E-state index contributed by atoms with van der Waals surface area (Å²) in [6.45, 7) is 7.40. The average molecular weight is 507 g/mol. The van der Waals surface area contributed by atoms with E-state index in [9.17, 15) is 9.90 Å². The number of rotatable bonds is 10. The molecule has 5 rings (SSSR count). The molecule has 1 N–H and O–H groups in total. The van der Waals surface area contributed by atoms with Crippen LogP contribution >= 0.6 is 0 Å². The molecule has 2 aromatic heterocycles. The lowest BCUT2D eigenvalue weighted by Crippen LogP contribution is -2.06. The summed E-state index contributed by atoms with van der Waals surface area (Å²) >= 11 is 0. The monoisotopic (exact) mass is 506 g/mol. The predicted octanol–water partition coefficient (Wildman–Crippen LogP) is 7.71. The van der Waals surface area contributed by atoms with Gasteiger partial charge in [0.05, 0.1) is 22.3 Å². The van der Waals surface area contributed by atoms with Crippen molar-refractivity contribution < 1.29 is 9.90 Å². The minimum atomic E-state index is -0.926. The third kappa shape index (κ3) is 4.74. The number of unbranched alkanes of at least 4 members (excludes halogenated alkanes) is 2. The summed E-state index contributed by atoms with van der Waals surface area (Å²) in [4.78, 5) is 21.7. The summed E-state index contributed by atoms with van der Waals surface area (Å²) in [5, 5.41) is 9.83. The van der Waals surface area contributed by atoms with Gasteiger partial charge >= 0.3 is 5.97 Å². The van der Waals surface area contributed by atoms with Gasteiger partial charge in [0.1, 0.15) is 11.6 Å². The Morgan fingerprint density at radius 3 is 2.53 bits per heavy atom. The first-order valence-electron chi connectivity index (χ1n) is 13.5. The molecule has 0 bridgehead atoms. The number of hydrogen-bond acceptors (Lipinski definition) is 3. The smallest absolute Gasteiger partial charge is 0.336 e. The fraction of sp³-hybridized carbons (Fsp3) is 0.281. The molecule has 0 fully saturated rings. The molecule has 5 aromatic rings. The maximum atomic E-state index is 12.0. The van der Waals surface area contributed by atoms with Crippen molar-refractivity contribution in [1.82, 2.24) is 19.1 Å². The van der Waals surface area contributed by atoms with Crippen LogP contribution in [0.15, 0.2) is 73.1 Å². The maximum Gasteiger partial charge on any atom is 0.336 e. The van der Waals surface area contributed by atoms with E-state index in [0.717, 1.165) is 89.3 Å². The summed E-state index contributed by atoms with van der Waals surface area (Å²) < 4.78 is 4.48. The highest BCUT2D eigenvalue weighted by molar-refractivity contribution is 5.97. The number of hydrogen-bond donors (Lipinski definition) is 1. The first kappa shape index (κ1) is 25.5. The topological polar surface area (TPSA) is 72.9 Å². The molecule has 6 nitrogen and oxygen atoms in total. The van der Waals surface area contributed by atoms with Crippen LogP contribution in [0.4, 0.5) is 0 Å². The highest BCUT2D eigenvalue weighted by Gasteiger charge is 2.19. The summed E-state index contributed by atoms with van der Waals surface area (Å²) in [5.74, 6) is 1.05. The van der Waals surface area contributed by atoms with E-state index in [2.05, 4.69) is 59.2 Å². The zero-order valence-corrected chi connectivity index (χ0v) is 22.3. The first-order chi connectivity index (χ1) is 18.5. The van der Waals surface area contributed by atoms with Crippen molar-refractivity contribution in [3.8, 4) is 28.2 Å². The van der Waals surface area contributed by atoms with Crippen molar-refractivity contribution in [2.24, 2.45) is 0 Å². The summed E-state index contributed by atoms with van der Waals surface area (Å²) in [6.07, 6.45) is 9.13. The highest BCUT2D eigenvalue weighted by Crippen LogP contribution is 2.34. The number of carbonyl (C=O) groups is 1. The molecular formula is C32H34N4O2. The van der Waals surface area contributed by atoms with E-state index in [4.69, 9.17) is 4.98 Å². The van der Waals surface area contributed by atoms with Gasteiger partial charge < -0.3 is 9.67 Å². The quantitative estimate of drug-likeness (QED) is 0.211. The summed E-state index contributed by atoms with van der Waals surface area (Å²) in [7, 11) is 0. The SMILES string of the molecule is CCCCc1nc2ccc(-c3nccn3CCCC)cc2n1-c1cccc(-c2ccccc2C(=O)O)c1C. The highest BCUT2D eigenvalue weighted by atomic mass is 16.4. The Kier molecular flexibility index (Phi) is 7.40. The number of benzene rings is 3. The van der Waals surface area contributed by atoms with E-state index in [0.29, 0.717) is 5.56 Å². The summed E-state index contributed by atoms with van der Waals surface area (Å²) in [6, 6.07) is 19.7. The van der Waals surface area contributed by atoms with Crippen molar-refractivity contribution in [3.05, 3.63) is 90.0 Å². The largest absolute Gasteiger partial charge is 0.478 e. The van der Waals surface area contributed by atoms with Crippen LogP contribution in [0.1, 0.15) is 61.3 Å². The Morgan fingerprint density at radius 1 is 0.947 bits per heavy atom. The molecule has 2 heterocycles. The number of fused-ring (bicyclic) bond motifs is 1. The lowest BCUT2D eigenvalue weighted by Gasteiger charge is -2.17. The van der Waals surface area contributed by atoms with Gasteiger partial charge in [-0.3, -0.25) is 4.57 Å². The molecule has 0 unspecified atom stereocenters. The van der Waals surface area contributed by atoms with Crippen molar-refractivity contribution >= 4 is 17.0 Å². The molecule has 0 saturated heterocycles. The zero-order chi connectivity index (χ0) is 26.6. The Balaban J connectivity index is 1.70. The van der Waals surface area contributed by atoms with Crippen LogP contribution in [0.3, 0.4) is 0 Å². The van der Waals surface area contributed by atoms with Crippen molar-refractivity contribution in [3.63, 3.8) is 0 Å². The van der Waals surface area contributed by atoms with Crippen LogP contribution in [-0.4, -0.2) is 30.2 Å². The molecule has 0 radical (unpaired) electrons. The third-order valence-corrected chi connectivity index (χ3v) is 7.20. The number of aryl methyl sites for hydroxylation is 2. The number of carboxylic acid groups (broad SMARTS) is 1. The van der Waals surface area contributed by atoms with Crippen LogP contribution in [0.2, 0.25) is 0 Å². The molecule has 0 amide bonds. The average Bonchev–Trinajstić information content (AvgIpc) is 3.54. The second-order valence-corrected chi connectivity index (χ2v) is 9.77. The third-order valence-electron chi connectivity index (χ3n) is 7.20. The van der Waals surface area contributed by atoms with Crippen LogP contribution < -0.4 is 0 Å². The van der Waals surface area contributed by atoms with Gasteiger partial charge in [0, 0.05) is 30.9 Å². The minimum absolute atomic E-state index is 0.302. The second-order valence-electron chi connectivity index (χ2n) is 9.77. The number of aromatic nitrogens is 4. The van der Waals surface area contributed by atoms with Crippen LogP contribution in [-0.2, 0) is 13.0 Å². The van der Waals surface area contributed by atoms with Gasteiger partial charge in [0.2, 0.25) is 0 Å². The lowest BCUT2D eigenvalue weighted by molar-refractivity contribution is 0.0697. The normalized spacial score (nSPS) is 11.3. The van der Waals surface area contributed by atoms with Gasteiger partial charge in [-0.1, -0.05) is 57.0 Å². The van der Waals surface area contributed by atoms with Crippen LogP contribution in [0.25, 0.3) is 39.2 Å². The molecule has 3 aromatic carbocycles. The van der Waals surface area contributed by atoms with Gasteiger partial charge in [-0.05, 0) is 66.8 Å². The van der Waals surface area contributed by atoms with Gasteiger partial charge in [0.25, 0.3) is 0 Å². The minimum Gasteiger partial charge on any atom is -0.478 e. The van der Waals surface area contributed by atoms with Gasteiger partial charge in [-0.25, -0.2) is 14.8 Å². The van der Waals surface area contributed by atoms with Crippen LogP contribution in [0.5, 0.6) is 0 Å². The van der Waals surface area contributed by atoms with Crippen LogP contribution in [0, 0.1) is 6.92 Å². The summed E-state index contributed by atoms with van der Waals surface area (Å²) in [5.41, 5.74) is 7.01. The standard InChI is InChI=1S/C32H34N4O2/c1-4-6-15-30-34-27-17-16-23(31-33-18-20-35(31)19-7-5-2)21-29(27)36(30)28-14-10-13-24(22(28)3)25-11-8-9-12-26(25)32(37)38/h8-14,16-18,20-21H,4-7,15,19H2,1-3H3,(H,37,38). The van der Waals surface area contributed by atoms with Gasteiger partial charge in [-0.15, -0.1) is 0 Å². The predicted molar refractivity (Wildman–Crippen MR) is 153 cm³/mol. The second kappa shape index (κ2) is 11.1. The zero-order valence-electron chi connectivity index (χ0n) is 22.3. The molecule has 0 saturated carbocycles.